The Hall–Kier alpha value is 0.365. The summed E-state index contributed by atoms with van der Waals surface area (Å²) in [6.45, 7) is 3.39. The lowest BCUT2D eigenvalue weighted by atomic mass is 9.86. The second-order valence-corrected chi connectivity index (χ2v) is 7.36. The summed E-state index contributed by atoms with van der Waals surface area (Å²) >= 11 is 2.51. The van der Waals surface area contributed by atoms with Gasteiger partial charge in [0.25, 0.3) is 0 Å². The molecular formula is C12H16BINOP. The van der Waals surface area contributed by atoms with Gasteiger partial charge in [-0.3, -0.25) is 0 Å². The van der Waals surface area contributed by atoms with Crippen LogP contribution in [0.5, 0.6) is 0 Å². The molecule has 0 saturated carbocycles. The summed E-state index contributed by atoms with van der Waals surface area (Å²) in [5, 5.41) is -0.0578. The smallest absolute Gasteiger partial charge is 0.380 e. The lowest BCUT2D eigenvalue weighted by Crippen LogP contribution is -2.37. The third kappa shape index (κ3) is 1.88. The fraction of sp³-hybridized carbons (Fsp3) is 0.500. The maximum Gasteiger partial charge on any atom is 0.380 e. The van der Waals surface area contributed by atoms with Gasteiger partial charge < -0.3 is 9.47 Å². The van der Waals surface area contributed by atoms with Gasteiger partial charge in [-0.05, 0) is 38.0 Å². The van der Waals surface area contributed by atoms with E-state index in [4.69, 9.17) is 4.65 Å². The van der Waals surface area contributed by atoms with Crippen LogP contribution in [0.15, 0.2) is 30.3 Å². The Morgan fingerprint density at radius 1 is 1.47 bits per heavy atom. The van der Waals surface area contributed by atoms with Crippen LogP contribution in [-0.4, -0.2) is 24.4 Å². The van der Waals surface area contributed by atoms with Crippen molar-refractivity contribution in [3.8, 4) is 0 Å². The lowest BCUT2D eigenvalue weighted by Gasteiger charge is -2.33. The lowest BCUT2D eigenvalue weighted by molar-refractivity contribution is 0.163. The highest BCUT2D eigenvalue weighted by Crippen LogP contribution is 2.57. The Kier molecular flexibility index (Phi) is 3.50. The number of halogens is 1. The molecule has 2 fully saturated rings. The van der Waals surface area contributed by atoms with Crippen molar-refractivity contribution >= 4 is 35.3 Å². The SMILES string of the molecule is CB1O[C@](PI)(c2ccccc2)[C@H]2CCCN12. The Morgan fingerprint density at radius 2 is 2.24 bits per heavy atom. The average Bonchev–Trinajstić information content (AvgIpc) is 2.94. The third-order valence-corrected chi connectivity index (χ3v) is 7.35. The topological polar surface area (TPSA) is 12.5 Å². The van der Waals surface area contributed by atoms with Crippen LogP contribution < -0.4 is 0 Å². The Bertz CT molecular complexity index is 407. The summed E-state index contributed by atoms with van der Waals surface area (Å²) in [6.07, 6.45) is 3.35. The van der Waals surface area contributed by atoms with Gasteiger partial charge in [0.1, 0.15) is 5.34 Å². The van der Waals surface area contributed by atoms with E-state index >= 15 is 0 Å². The Morgan fingerprint density at radius 3 is 2.94 bits per heavy atom. The zero-order valence-electron chi connectivity index (χ0n) is 9.90. The molecule has 0 N–H and O–H groups in total. The van der Waals surface area contributed by atoms with E-state index in [-0.39, 0.29) is 12.4 Å². The van der Waals surface area contributed by atoms with E-state index in [0.717, 1.165) is 6.22 Å². The number of hydrogen-bond donors (Lipinski definition) is 0. The zero-order valence-corrected chi connectivity index (χ0v) is 13.1. The van der Waals surface area contributed by atoms with E-state index < -0.39 is 0 Å². The van der Waals surface area contributed by atoms with Crippen LogP contribution >= 0.6 is 28.3 Å². The Balaban J connectivity index is 2.03. The highest BCUT2D eigenvalue weighted by atomic mass is 127. The summed E-state index contributed by atoms with van der Waals surface area (Å²) < 4.78 is 6.38. The summed E-state index contributed by atoms with van der Waals surface area (Å²) in [4.78, 5) is 2.54. The van der Waals surface area contributed by atoms with Crippen LogP contribution in [0.25, 0.3) is 0 Å². The first-order valence-electron chi connectivity index (χ1n) is 6.15. The molecule has 0 aromatic heterocycles. The van der Waals surface area contributed by atoms with Gasteiger partial charge in [-0.25, -0.2) is 0 Å². The molecule has 2 saturated heterocycles. The van der Waals surface area contributed by atoms with E-state index in [0.29, 0.717) is 6.04 Å². The van der Waals surface area contributed by atoms with Crippen LogP contribution in [0.1, 0.15) is 18.4 Å². The molecule has 0 spiro atoms. The van der Waals surface area contributed by atoms with Crippen molar-refractivity contribution < 1.29 is 4.65 Å². The molecule has 3 atom stereocenters. The maximum atomic E-state index is 6.38. The van der Waals surface area contributed by atoms with Crippen molar-refractivity contribution in [1.29, 1.82) is 0 Å². The molecular weight excluding hydrogens is 343 g/mol. The highest BCUT2D eigenvalue weighted by Gasteiger charge is 2.55. The second-order valence-electron chi connectivity index (χ2n) is 4.81. The molecule has 1 aromatic carbocycles. The van der Waals surface area contributed by atoms with Crippen molar-refractivity contribution in [3.05, 3.63) is 35.9 Å². The van der Waals surface area contributed by atoms with Crippen molar-refractivity contribution in [2.45, 2.75) is 31.0 Å². The maximum absolute atomic E-state index is 6.38. The number of rotatable bonds is 2. The first-order chi connectivity index (χ1) is 8.28. The minimum Gasteiger partial charge on any atom is -0.406 e. The first-order valence-corrected chi connectivity index (χ1v) is 10.3. The number of benzene rings is 1. The summed E-state index contributed by atoms with van der Waals surface area (Å²) in [5.74, 6) is 0. The molecule has 1 aromatic rings. The van der Waals surface area contributed by atoms with E-state index in [9.17, 15) is 0 Å². The molecule has 0 radical (unpaired) electrons. The third-order valence-electron chi connectivity index (χ3n) is 3.93. The average molecular weight is 359 g/mol. The number of nitrogens with zero attached hydrogens (tertiary/aromatic N) is 1. The van der Waals surface area contributed by atoms with Gasteiger partial charge in [0, 0.05) is 6.04 Å². The first kappa shape index (κ1) is 12.4. The second kappa shape index (κ2) is 4.80. The molecule has 3 rings (SSSR count). The predicted octanol–water partition coefficient (Wildman–Crippen LogP) is 3.48. The molecule has 0 amide bonds. The normalized spacial score (nSPS) is 33.8. The number of hydrogen-bond acceptors (Lipinski definition) is 2. The molecule has 2 nitrogen and oxygen atoms in total. The largest absolute Gasteiger partial charge is 0.406 e. The summed E-state index contributed by atoms with van der Waals surface area (Å²) in [6, 6.07) is 11.4. The van der Waals surface area contributed by atoms with Crippen molar-refractivity contribution in [3.63, 3.8) is 0 Å². The van der Waals surface area contributed by atoms with Gasteiger partial charge in [-0.1, -0.05) is 52.4 Å². The standard InChI is InChI=1S/C12H16BINOP/c1-13-15-9-5-8-11(15)12(16-13,17-14)10-6-3-2-4-7-10/h2-4,6-7,11,17H,5,8-9H2,1H3/t11-,12+/m1/s1. The van der Waals surface area contributed by atoms with Crippen molar-refractivity contribution in [2.75, 3.05) is 6.54 Å². The molecule has 1 unspecified atom stereocenters. The number of fused-ring (bicyclic) bond motifs is 1. The fourth-order valence-electron chi connectivity index (χ4n) is 3.16. The van der Waals surface area contributed by atoms with Crippen molar-refractivity contribution in [1.82, 2.24) is 4.81 Å². The van der Waals surface area contributed by atoms with E-state index in [2.05, 4.69) is 64.0 Å². The van der Waals surface area contributed by atoms with Gasteiger partial charge in [-0.2, -0.15) is 0 Å². The van der Waals surface area contributed by atoms with Crippen molar-refractivity contribution in [2.24, 2.45) is 0 Å². The quantitative estimate of drug-likeness (QED) is 0.456. The van der Waals surface area contributed by atoms with Gasteiger partial charge in [-0.15, -0.1) is 0 Å². The van der Waals surface area contributed by atoms with Crippen LogP contribution in [0.3, 0.4) is 0 Å². The Labute approximate surface area is 118 Å². The minimum atomic E-state index is -0.0578. The van der Waals surface area contributed by atoms with E-state index in [1.165, 1.54) is 24.9 Å². The molecule has 2 aliphatic rings. The molecule has 0 aliphatic carbocycles. The molecule has 17 heavy (non-hydrogen) atoms. The minimum absolute atomic E-state index is 0.0578. The fourth-order valence-corrected chi connectivity index (χ4v) is 6.48. The molecule has 2 heterocycles. The zero-order chi connectivity index (χ0) is 11.9. The van der Waals surface area contributed by atoms with Crippen LogP contribution in [0, 0.1) is 0 Å². The van der Waals surface area contributed by atoms with E-state index in [1.807, 2.05) is 0 Å². The van der Waals surface area contributed by atoms with Gasteiger partial charge in [0.15, 0.2) is 0 Å². The molecule has 2 aliphatic heterocycles. The predicted molar refractivity (Wildman–Crippen MR) is 82.9 cm³/mol. The molecule has 5 heteroatoms. The highest BCUT2D eigenvalue weighted by molar-refractivity contribution is 14.2. The molecule has 90 valence electrons. The van der Waals surface area contributed by atoms with E-state index in [1.54, 1.807) is 0 Å². The monoisotopic (exact) mass is 359 g/mol. The summed E-state index contributed by atoms with van der Waals surface area (Å²) in [5.41, 5.74) is 1.36. The van der Waals surface area contributed by atoms with Crippen LogP contribution in [-0.2, 0) is 10.00 Å². The van der Waals surface area contributed by atoms with Crippen LogP contribution in [0.4, 0.5) is 0 Å². The van der Waals surface area contributed by atoms with Crippen LogP contribution in [0.2, 0.25) is 6.82 Å². The molecule has 0 bridgehead atoms. The van der Waals surface area contributed by atoms with Gasteiger partial charge >= 0.3 is 7.05 Å². The summed E-state index contributed by atoms with van der Waals surface area (Å²) in [7, 11) is 0.268. The van der Waals surface area contributed by atoms with Gasteiger partial charge in [0.05, 0.1) is 0 Å². The van der Waals surface area contributed by atoms with Gasteiger partial charge in [0.2, 0.25) is 0 Å².